The third kappa shape index (κ3) is 4.75. The zero-order valence-corrected chi connectivity index (χ0v) is 16.9. The van der Waals surface area contributed by atoms with E-state index in [1.165, 1.54) is 6.92 Å². The van der Waals surface area contributed by atoms with E-state index in [0.29, 0.717) is 23.6 Å². The summed E-state index contributed by atoms with van der Waals surface area (Å²) in [4.78, 5) is 25.0. The molecular weight excluding hydrogens is 382 g/mol. The number of benzene rings is 2. The van der Waals surface area contributed by atoms with E-state index in [1.54, 1.807) is 30.1 Å². The molecule has 0 aliphatic heterocycles. The monoisotopic (exact) mass is 405 g/mol. The second-order valence-corrected chi connectivity index (χ2v) is 6.48. The fraction of sp³-hybridized carbons (Fsp3) is 0.174. The van der Waals surface area contributed by atoms with Gasteiger partial charge in [0.05, 0.1) is 12.8 Å². The van der Waals surface area contributed by atoms with Crippen LogP contribution in [0, 0.1) is 0 Å². The van der Waals surface area contributed by atoms with Gasteiger partial charge in [-0.1, -0.05) is 36.4 Å². The Morgan fingerprint density at radius 1 is 1.20 bits per heavy atom. The van der Waals surface area contributed by atoms with Crippen LogP contribution in [0.1, 0.15) is 17.3 Å². The number of carbonyl (C=O) groups excluding carboxylic acids is 2. The number of nitrogens with one attached hydrogen (secondary N) is 1. The number of esters is 1. The highest BCUT2D eigenvalue weighted by Gasteiger charge is 2.24. The average molecular weight is 405 g/mol. The minimum Gasteiger partial charge on any atom is -0.497 e. The summed E-state index contributed by atoms with van der Waals surface area (Å²) in [5.41, 5.74) is 2.16. The molecule has 1 atom stereocenters. The van der Waals surface area contributed by atoms with Crippen LogP contribution in [0.5, 0.6) is 5.75 Å². The second-order valence-electron chi connectivity index (χ2n) is 6.48. The van der Waals surface area contributed by atoms with E-state index in [2.05, 4.69) is 17.0 Å². The second kappa shape index (κ2) is 9.56. The summed E-state index contributed by atoms with van der Waals surface area (Å²) in [7, 11) is 1.57. The maximum Gasteiger partial charge on any atom is 0.342 e. The third-order valence-corrected chi connectivity index (χ3v) is 4.37. The van der Waals surface area contributed by atoms with Crippen LogP contribution < -0.4 is 10.1 Å². The Balaban J connectivity index is 1.97. The van der Waals surface area contributed by atoms with Crippen molar-refractivity contribution in [2.24, 2.45) is 0 Å². The number of rotatable bonds is 8. The van der Waals surface area contributed by atoms with E-state index in [9.17, 15) is 9.59 Å². The number of para-hydroxylation sites is 1. The highest BCUT2D eigenvalue weighted by Crippen LogP contribution is 2.27. The molecule has 0 aliphatic rings. The largest absolute Gasteiger partial charge is 0.497 e. The number of hydrogen-bond donors (Lipinski definition) is 1. The van der Waals surface area contributed by atoms with Crippen molar-refractivity contribution in [2.75, 3.05) is 13.7 Å². The van der Waals surface area contributed by atoms with Crippen LogP contribution in [-0.4, -0.2) is 41.4 Å². The molecule has 3 rings (SSSR count). The summed E-state index contributed by atoms with van der Waals surface area (Å²) in [6.45, 7) is 5.36. The molecule has 0 spiro atoms. The van der Waals surface area contributed by atoms with Gasteiger partial charge in [0.1, 0.15) is 17.0 Å². The van der Waals surface area contributed by atoms with E-state index in [0.717, 1.165) is 5.69 Å². The molecular formula is C23H23N3O4. The van der Waals surface area contributed by atoms with Crippen LogP contribution in [0.25, 0.3) is 16.9 Å². The van der Waals surface area contributed by atoms with E-state index in [4.69, 9.17) is 9.47 Å². The quantitative estimate of drug-likeness (QED) is 0.459. The van der Waals surface area contributed by atoms with Gasteiger partial charge < -0.3 is 14.8 Å². The highest BCUT2D eigenvalue weighted by atomic mass is 16.5. The summed E-state index contributed by atoms with van der Waals surface area (Å²) in [6.07, 6.45) is 2.19. The standard InChI is InChI=1S/C23H23N3O4/c1-4-13-24-22(27)16(2)30-23(28)20-15-26(18-10-6-5-7-11-18)25-21(20)17-9-8-12-19(14-17)29-3/h4-12,14-16H,1,13H2,2-3H3,(H,24,27). The SMILES string of the molecule is C=CCNC(=O)C(C)OC(=O)c1cn(-c2ccccc2)nc1-c1cccc(OC)c1. The molecule has 1 N–H and O–H groups in total. The molecule has 0 saturated heterocycles. The van der Waals surface area contributed by atoms with Crippen molar-refractivity contribution in [2.45, 2.75) is 13.0 Å². The van der Waals surface area contributed by atoms with Crippen molar-refractivity contribution < 1.29 is 19.1 Å². The van der Waals surface area contributed by atoms with Crippen molar-refractivity contribution in [3.8, 4) is 22.7 Å². The molecule has 2 aromatic carbocycles. The molecule has 154 valence electrons. The lowest BCUT2D eigenvalue weighted by Crippen LogP contribution is -2.35. The first-order valence-corrected chi connectivity index (χ1v) is 9.42. The van der Waals surface area contributed by atoms with Gasteiger partial charge in [0.15, 0.2) is 6.10 Å². The van der Waals surface area contributed by atoms with Gasteiger partial charge in [0.2, 0.25) is 0 Å². The molecule has 3 aromatic rings. The highest BCUT2D eigenvalue weighted by molar-refractivity contribution is 5.97. The Morgan fingerprint density at radius 2 is 1.97 bits per heavy atom. The number of aromatic nitrogens is 2. The lowest BCUT2D eigenvalue weighted by atomic mass is 10.1. The fourth-order valence-corrected chi connectivity index (χ4v) is 2.81. The van der Waals surface area contributed by atoms with Crippen molar-refractivity contribution in [3.05, 3.63) is 79.0 Å². The summed E-state index contributed by atoms with van der Waals surface area (Å²) in [6, 6.07) is 16.7. The molecule has 0 fully saturated rings. The Kier molecular flexibility index (Phi) is 6.64. The van der Waals surface area contributed by atoms with Crippen molar-refractivity contribution in [1.29, 1.82) is 0 Å². The van der Waals surface area contributed by atoms with Gasteiger partial charge >= 0.3 is 5.97 Å². The van der Waals surface area contributed by atoms with Crippen LogP contribution in [-0.2, 0) is 9.53 Å². The number of amides is 1. The van der Waals surface area contributed by atoms with Crippen molar-refractivity contribution in [3.63, 3.8) is 0 Å². The summed E-state index contributed by atoms with van der Waals surface area (Å²) >= 11 is 0. The van der Waals surface area contributed by atoms with Gasteiger partial charge in [-0.05, 0) is 31.2 Å². The van der Waals surface area contributed by atoms with Crippen molar-refractivity contribution >= 4 is 11.9 Å². The summed E-state index contributed by atoms with van der Waals surface area (Å²) in [5, 5.41) is 7.21. The molecule has 30 heavy (non-hydrogen) atoms. The summed E-state index contributed by atoms with van der Waals surface area (Å²) < 4.78 is 12.3. The van der Waals surface area contributed by atoms with Gasteiger partial charge in [-0.15, -0.1) is 6.58 Å². The van der Waals surface area contributed by atoms with Crippen LogP contribution in [0.3, 0.4) is 0 Å². The van der Waals surface area contributed by atoms with E-state index in [-0.39, 0.29) is 5.56 Å². The van der Waals surface area contributed by atoms with Gasteiger partial charge in [-0.2, -0.15) is 5.10 Å². The normalized spacial score (nSPS) is 11.4. The van der Waals surface area contributed by atoms with E-state index in [1.807, 2.05) is 48.5 Å². The molecule has 1 amide bonds. The zero-order valence-electron chi connectivity index (χ0n) is 16.9. The van der Waals surface area contributed by atoms with Gasteiger partial charge in [0.25, 0.3) is 5.91 Å². The molecule has 7 heteroatoms. The van der Waals surface area contributed by atoms with Crippen LogP contribution >= 0.6 is 0 Å². The van der Waals surface area contributed by atoms with Gasteiger partial charge in [-0.3, -0.25) is 4.79 Å². The molecule has 1 heterocycles. The van der Waals surface area contributed by atoms with Gasteiger partial charge in [0, 0.05) is 18.3 Å². The molecule has 0 bridgehead atoms. The van der Waals surface area contributed by atoms with Gasteiger partial charge in [-0.25, -0.2) is 9.48 Å². The van der Waals surface area contributed by atoms with E-state index < -0.39 is 18.0 Å². The Labute approximate surface area is 174 Å². The lowest BCUT2D eigenvalue weighted by Gasteiger charge is -2.12. The molecule has 1 aromatic heterocycles. The molecule has 0 aliphatic carbocycles. The number of ether oxygens (including phenoxy) is 2. The maximum atomic E-state index is 12.9. The number of carbonyl (C=O) groups is 2. The predicted octanol–water partition coefficient (Wildman–Crippen LogP) is 3.40. The molecule has 0 radical (unpaired) electrons. The molecule has 0 saturated carbocycles. The first kappa shape index (κ1) is 20.9. The van der Waals surface area contributed by atoms with E-state index >= 15 is 0 Å². The first-order chi connectivity index (χ1) is 14.5. The Bertz CT molecular complexity index is 1040. The average Bonchev–Trinajstić information content (AvgIpc) is 3.23. The first-order valence-electron chi connectivity index (χ1n) is 9.42. The smallest absolute Gasteiger partial charge is 0.342 e. The van der Waals surface area contributed by atoms with Crippen LogP contribution in [0.15, 0.2) is 73.4 Å². The minimum absolute atomic E-state index is 0.246. The molecule has 7 nitrogen and oxygen atoms in total. The van der Waals surface area contributed by atoms with Crippen molar-refractivity contribution in [1.82, 2.24) is 15.1 Å². The Morgan fingerprint density at radius 3 is 2.67 bits per heavy atom. The third-order valence-electron chi connectivity index (χ3n) is 4.37. The lowest BCUT2D eigenvalue weighted by molar-refractivity contribution is -0.128. The van der Waals surface area contributed by atoms with Crippen LogP contribution in [0.2, 0.25) is 0 Å². The maximum absolute atomic E-state index is 12.9. The Hall–Kier alpha value is -3.87. The van der Waals surface area contributed by atoms with Crippen LogP contribution in [0.4, 0.5) is 0 Å². The summed E-state index contributed by atoms with van der Waals surface area (Å²) in [5.74, 6) is -0.406. The number of nitrogens with zero attached hydrogens (tertiary/aromatic N) is 2. The topological polar surface area (TPSA) is 82.5 Å². The predicted molar refractivity (Wildman–Crippen MR) is 114 cm³/mol. The fourth-order valence-electron chi connectivity index (χ4n) is 2.81. The minimum atomic E-state index is -0.962. The molecule has 1 unspecified atom stereocenters. The number of hydrogen-bond acceptors (Lipinski definition) is 5. The zero-order chi connectivity index (χ0) is 21.5. The number of methoxy groups -OCH3 is 1.